The predicted octanol–water partition coefficient (Wildman–Crippen LogP) is 1.99. The number of hydrogen-bond donors (Lipinski definition) is 0. The summed E-state index contributed by atoms with van der Waals surface area (Å²) < 4.78 is 14.7. The average Bonchev–Trinajstić information content (AvgIpc) is 2.58. The van der Waals surface area contributed by atoms with Gasteiger partial charge in [0.15, 0.2) is 11.5 Å². The quantitative estimate of drug-likeness (QED) is 0.460. The first-order valence-electron chi connectivity index (χ1n) is 3.56. The van der Waals surface area contributed by atoms with Crippen LogP contribution in [0, 0.1) is 19.5 Å². The number of pyridine rings is 1. The topological polar surface area (TPSA) is 60.4 Å². The van der Waals surface area contributed by atoms with Gasteiger partial charge >= 0.3 is 5.69 Å². The first-order valence-corrected chi connectivity index (χ1v) is 4.64. The highest BCUT2D eigenvalue weighted by Crippen LogP contribution is 2.25. The fraction of sp³-hybridized carbons (Fsp3) is 0. The lowest BCUT2D eigenvalue weighted by molar-refractivity contribution is -0.386. The molecule has 0 aromatic carbocycles. The number of rotatable bonds is 1. The number of imidazole rings is 1. The fourth-order valence-electron chi connectivity index (χ4n) is 1.11. The summed E-state index contributed by atoms with van der Waals surface area (Å²) in [6.45, 7) is 0. The van der Waals surface area contributed by atoms with Crippen LogP contribution in [0.25, 0.3) is 5.65 Å². The van der Waals surface area contributed by atoms with Crippen LogP contribution in [0.5, 0.6) is 0 Å². The minimum Gasteiger partial charge on any atom is -0.298 e. The fourth-order valence-corrected chi connectivity index (χ4v) is 1.69. The van der Waals surface area contributed by atoms with Gasteiger partial charge in [-0.15, -0.1) is 0 Å². The summed E-state index contributed by atoms with van der Waals surface area (Å²) in [5, 5.41) is 10.5. The van der Waals surface area contributed by atoms with Gasteiger partial charge in [-0.1, -0.05) is 0 Å². The van der Waals surface area contributed by atoms with Crippen LogP contribution in [-0.4, -0.2) is 14.3 Å². The molecule has 0 spiro atoms. The van der Waals surface area contributed by atoms with Crippen molar-refractivity contribution in [2.45, 2.75) is 0 Å². The van der Waals surface area contributed by atoms with E-state index in [2.05, 4.69) is 4.98 Å². The molecule has 5 nitrogen and oxygen atoms in total. The first-order chi connectivity index (χ1) is 6.61. The van der Waals surface area contributed by atoms with Crippen molar-refractivity contribution in [2.75, 3.05) is 0 Å². The lowest BCUT2D eigenvalue weighted by Gasteiger charge is -1.99. The number of nitro groups is 1. The van der Waals surface area contributed by atoms with Crippen LogP contribution >= 0.6 is 22.6 Å². The molecule has 0 aliphatic rings. The lowest BCUT2D eigenvalue weighted by atomic mass is 10.4. The van der Waals surface area contributed by atoms with Gasteiger partial charge in [0.1, 0.15) is 3.57 Å². The molecule has 2 heterocycles. The van der Waals surface area contributed by atoms with Gasteiger partial charge in [0.2, 0.25) is 0 Å². The molecule has 2 aromatic heterocycles. The Kier molecular flexibility index (Phi) is 2.10. The average molecular weight is 307 g/mol. The molecule has 72 valence electrons. The molecule has 0 fully saturated rings. The molecule has 0 aliphatic carbocycles. The maximum Gasteiger partial charge on any atom is 0.302 e. The first kappa shape index (κ1) is 9.31. The van der Waals surface area contributed by atoms with Crippen molar-refractivity contribution < 1.29 is 9.31 Å². The maximum absolute atomic E-state index is 13.5. The number of halogens is 2. The minimum absolute atomic E-state index is 0.0219. The molecule has 0 radical (unpaired) electrons. The van der Waals surface area contributed by atoms with Gasteiger partial charge in [-0.2, -0.15) is 0 Å². The van der Waals surface area contributed by atoms with Crippen LogP contribution in [0.3, 0.4) is 0 Å². The second kappa shape index (κ2) is 3.15. The molecule has 0 aliphatic heterocycles. The highest BCUT2D eigenvalue weighted by atomic mass is 127. The lowest BCUT2D eigenvalue weighted by Crippen LogP contribution is -1.99. The van der Waals surface area contributed by atoms with E-state index in [0.29, 0.717) is 0 Å². The number of nitrogens with zero attached hydrogens (tertiary/aromatic N) is 3. The Morgan fingerprint density at radius 3 is 3.00 bits per heavy atom. The van der Waals surface area contributed by atoms with E-state index in [4.69, 9.17) is 0 Å². The largest absolute Gasteiger partial charge is 0.302 e. The molecule has 0 amide bonds. The molecule has 0 saturated carbocycles. The molecule has 0 saturated heterocycles. The predicted molar refractivity (Wildman–Crippen MR) is 54.5 cm³/mol. The van der Waals surface area contributed by atoms with Crippen molar-refractivity contribution >= 4 is 33.9 Å². The van der Waals surface area contributed by atoms with Crippen molar-refractivity contribution in [3.63, 3.8) is 0 Å². The summed E-state index contributed by atoms with van der Waals surface area (Å²) in [4.78, 5) is 13.7. The molecule has 14 heavy (non-hydrogen) atoms. The summed E-state index contributed by atoms with van der Waals surface area (Å²) in [5.41, 5.74) is -0.159. The normalized spacial score (nSPS) is 10.7. The van der Waals surface area contributed by atoms with Gasteiger partial charge < -0.3 is 0 Å². The van der Waals surface area contributed by atoms with Gasteiger partial charge in [-0.25, -0.2) is 9.37 Å². The maximum atomic E-state index is 13.5. The third kappa shape index (κ3) is 1.24. The molecule has 0 N–H and O–H groups in total. The zero-order valence-corrected chi connectivity index (χ0v) is 8.80. The summed E-state index contributed by atoms with van der Waals surface area (Å²) in [5.74, 6) is -0.662. The Labute approximate surface area is 90.8 Å². The van der Waals surface area contributed by atoms with Crippen molar-refractivity contribution in [1.82, 2.24) is 9.38 Å². The third-order valence-corrected chi connectivity index (χ3v) is 2.77. The Balaban J connectivity index is 2.87. The summed E-state index contributed by atoms with van der Waals surface area (Å²) in [6.07, 6.45) is 4.09. The van der Waals surface area contributed by atoms with Crippen LogP contribution < -0.4 is 0 Å². The minimum atomic E-state index is -0.662. The molecule has 0 atom stereocenters. The van der Waals surface area contributed by atoms with Crippen LogP contribution in [0.2, 0.25) is 0 Å². The second-order valence-electron chi connectivity index (χ2n) is 2.56. The van der Waals surface area contributed by atoms with Gasteiger partial charge in [-0.05, 0) is 22.6 Å². The van der Waals surface area contributed by atoms with E-state index < -0.39 is 10.7 Å². The van der Waals surface area contributed by atoms with Gasteiger partial charge in [-0.3, -0.25) is 14.5 Å². The van der Waals surface area contributed by atoms with E-state index in [9.17, 15) is 14.5 Å². The van der Waals surface area contributed by atoms with E-state index in [1.54, 1.807) is 22.6 Å². The van der Waals surface area contributed by atoms with Crippen molar-refractivity contribution in [2.24, 2.45) is 0 Å². The second-order valence-corrected chi connectivity index (χ2v) is 3.64. The monoisotopic (exact) mass is 307 g/mol. The van der Waals surface area contributed by atoms with Crippen LogP contribution in [0.4, 0.5) is 10.1 Å². The molecule has 2 rings (SSSR count). The van der Waals surface area contributed by atoms with Gasteiger partial charge in [0.05, 0.1) is 11.1 Å². The molecular weight excluding hydrogens is 304 g/mol. The van der Waals surface area contributed by atoms with Crippen molar-refractivity contribution in [3.05, 3.63) is 38.1 Å². The zero-order chi connectivity index (χ0) is 10.3. The number of hydrogen-bond acceptors (Lipinski definition) is 3. The Hall–Kier alpha value is -1.25. The SMILES string of the molecule is O=[N+]([O-])c1cn2ccnc2c(F)c1I. The van der Waals surface area contributed by atoms with Crippen LogP contribution in [0.15, 0.2) is 18.6 Å². The summed E-state index contributed by atoms with van der Waals surface area (Å²) in [6, 6.07) is 0. The van der Waals surface area contributed by atoms with E-state index in [-0.39, 0.29) is 14.9 Å². The van der Waals surface area contributed by atoms with E-state index in [1.807, 2.05) is 0 Å². The molecule has 0 unspecified atom stereocenters. The number of fused-ring (bicyclic) bond motifs is 1. The smallest absolute Gasteiger partial charge is 0.298 e. The molecular formula is C7H3FIN3O2. The van der Waals surface area contributed by atoms with E-state index in [1.165, 1.54) is 23.0 Å². The third-order valence-electron chi connectivity index (χ3n) is 1.74. The Bertz CT molecular complexity index is 525. The van der Waals surface area contributed by atoms with Crippen molar-refractivity contribution in [3.8, 4) is 0 Å². The zero-order valence-electron chi connectivity index (χ0n) is 6.65. The molecule has 2 aromatic rings. The van der Waals surface area contributed by atoms with Crippen LogP contribution in [0.1, 0.15) is 0 Å². The van der Waals surface area contributed by atoms with E-state index >= 15 is 0 Å². The van der Waals surface area contributed by atoms with E-state index in [0.717, 1.165) is 0 Å². The highest BCUT2D eigenvalue weighted by molar-refractivity contribution is 14.1. The van der Waals surface area contributed by atoms with Gasteiger partial charge in [0.25, 0.3) is 0 Å². The molecule has 0 bridgehead atoms. The summed E-state index contributed by atoms with van der Waals surface area (Å²) >= 11 is 1.60. The van der Waals surface area contributed by atoms with Gasteiger partial charge in [0, 0.05) is 12.4 Å². The highest BCUT2D eigenvalue weighted by Gasteiger charge is 2.19. The van der Waals surface area contributed by atoms with Crippen LogP contribution in [-0.2, 0) is 0 Å². The summed E-state index contributed by atoms with van der Waals surface area (Å²) in [7, 11) is 0. The Morgan fingerprint density at radius 1 is 1.64 bits per heavy atom. The van der Waals surface area contributed by atoms with Crippen molar-refractivity contribution in [1.29, 1.82) is 0 Å². The Morgan fingerprint density at radius 2 is 2.36 bits per heavy atom. The molecule has 7 heteroatoms. The number of aromatic nitrogens is 2. The standard InChI is InChI=1S/C7H3FIN3O2/c8-5-6(9)4(12(13)14)3-11-2-1-10-7(5)11/h1-3H.